The Morgan fingerprint density at radius 1 is 0.865 bits per heavy atom. The van der Waals surface area contributed by atoms with Crippen molar-refractivity contribution in [3.05, 3.63) is 131 Å². The maximum atomic E-state index is 13.2. The molecule has 2 N–H and O–H groups in total. The molecule has 4 rings (SSSR count). The number of hydrazone groups is 1. The topological polar surface area (TPSA) is 80.2 Å². The quantitative estimate of drug-likeness (QED) is 0.230. The van der Waals surface area contributed by atoms with Crippen LogP contribution in [-0.2, 0) is 17.0 Å². The Kier molecular flexibility index (Phi) is 8.33. The van der Waals surface area contributed by atoms with Crippen molar-refractivity contribution in [3.63, 3.8) is 0 Å². The summed E-state index contributed by atoms with van der Waals surface area (Å²) in [6.45, 7) is 4.84. The second-order valence-corrected chi connectivity index (χ2v) is 8.56. The van der Waals surface area contributed by atoms with Gasteiger partial charge in [0.2, 0.25) is 0 Å². The summed E-state index contributed by atoms with van der Waals surface area (Å²) in [5.74, 6) is 0.534. The molecule has 0 unspecified atom stereocenters. The Bertz CT molecular complexity index is 1310. The number of hydrogen-bond acceptors (Lipinski definition) is 5. The third kappa shape index (κ3) is 6.23. The fourth-order valence-corrected chi connectivity index (χ4v) is 3.99. The van der Waals surface area contributed by atoms with Crippen molar-refractivity contribution in [2.45, 2.75) is 26.1 Å². The van der Waals surface area contributed by atoms with E-state index in [4.69, 9.17) is 9.47 Å². The summed E-state index contributed by atoms with van der Waals surface area (Å²) in [5.41, 5.74) is 4.44. The normalized spacial score (nSPS) is 11.3. The molecule has 0 saturated heterocycles. The molecule has 0 aliphatic carbocycles. The lowest BCUT2D eigenvalue weighted by Gasteiger charge is -2.27. The van der Waals surface area contributed by atoms with Gasteiger partial charge in [0.1, 0.15) is 6.61 Å². The predicted octanol–water partition coefficient (Wildman–Crippen LogP) is 5.36. The minimum absolute atomic E-state index is 0.419. The van der Waals surface area contributed by atoms with Crippen LogP contribution in [0.3, 0.4) is 0 Å². The van der Waals surface area contributed by atoms with E-state index >= 15 is 0 Å². The first-order valence-electron chi connectivity index (χ1n) is 12.1. The Morgan fingerprint density at radius 2 is 1.54 bits per heavy atom. The van der Waals surface area contributed by atoms with Crippen LogP contribution in [0.5, 0.6) is 11.5 Å². The summed E-state index contributed by atoms with van der Waals surface area (Å²) in [4.78, 5) is 13.2. The molecular formula is C31H30N2O4. The zero-order valence-corrected chi connectivity index (χ0v) is 20.9. The summed E-state index contributed by atoms with van der Waals surface area (Å²) in [6, 6.07) is 31.2. The molecule has 6 nitrogen and oxygen atoms in total. The molecule has 1 amide bonds. The van der Waals surface area contributed by atoms with Crippen LogP contribution in [-0.4, -0.2) is 23.8 Å². The van der Waals surface area contributed by atoms with Crippen LogP contribution in [0.15, 0.2) is 108 Å². The average Bonchev–Trinajstić information content (AvgIpc) is 2.93. The number of hydrogen-bond donors (Lipinski definition) is 2. The van der Waals surface area contributed by atoms with Gasteiger partial charge < -0.3 is 14.6 Å². The molecule has 4 aromatic carbocycles. The molecule has 188 valence electrons. The van der Waals surface area contributed by atoms with E-state index in [0.29, 0.717) is 41.4 Å². The standard InChI is InChI=1S/C31H30N2O4/c1-3-36-29-20-24(17-18-28(29)37-22-25-12-10-11-23(2)19-25)21-32-33-30(34)31(35,26-13-6-4-7-14-26)27-15-8-5-9-16-27/h4-21,35H,3,22H2,1-2H3,(H,33,34)/b32-21-. The molecule has 0 spiro atoms. The lowest BCUT2D eigenvalue weighted by atomic mass is 9.85. The monoisotopic (exact) mass is 494 g/mol. The largest absolute Gasteiger partial charge is 0.490 e. The lowest BCUT2D eigenvalue weighted by molar-refractivity contribution is -0.136. The molecule has 0 saturated carbocycles. The molecule has 0 atom stereocenters. The van der Waals surface area contributed by atoms with Crippen molar-refractivity contribution in [3.8, 4) is 11.5 Å². The van der Waals surface area contributed by atoms with Gasteiger partial charge in [0, 0.05) is 0 Å². The van der Waals surface area contributed by atoms with Crippen molar-refractivity contribution in [2.24, 2.45) is 5.10 Å². The highest BCUT2D eigenvalue weighted by Crippen LogP contribution is 2.31. The molecular weight excluding hydrogens is 464 g/mol. The van der Waals surface area contributed by atoms with Gasteiger partial charge >= 0.3 is 0 Å². The van der Waals surface area contributed by atoms with E-state index in [2.05, 4.69) is 16.6 Å². The number of aryl methyl sites for hydroxylation is 1. The Hall–Kier alpha value is -4.42. The van der Waals surface area contributed by atoms with E-state index in [1.165, 1.54) is 11.8 Å². The molecule has 0 bridgehead atoms. The van der Waals surface area contributed by atoms with Gasteiger partial charge in [-0.05, 0) is 54.3 Å². The number of rotatable bonds is 10. The van der Waals surface area contributed by atoms with Crippen LogP contribution < -0.4 is 14.9 Å². The molecule has 0 radical (unpaired) electrons. The maximum absolute atomic E-state index is 13.2. The van der Waals surface area contributed by atoms with Crippen LogP contribution in [0.1, 0.15) is 34.7 Å². The van der Waals surface area contributed by atoms with Crippen molar-refractivity contribution < 1.29 is 19.4 Å². The summed E-state index contributed by atoms with van der Waals surface area (Å²) < 4.78 is 11.8. The molecule has 0 aromatic heterocycles. The Balaban J connectivity index is 1.50. The van der Waals surface area contributed by atoms with Gasteiger partial charge in [0.15, 0.2) is 17.1 Å². The first kappa shape index (κ1) is 25.7. The van der Waals surface area contributed by atoms with Crippen LogP contribution >= 0.6 is 0 Å². The average molecular weight is 495 g/mol. The number of ether oxygens (including phenoxy) is 2. The van der Waals surface area contributed by atoms with Gasteiger partial charge in [-0.1, -0.05) is 90.5 Å². The highest BCUT2D eigenvalue weighted by Gasteiger charge is 2.39. The molecule has 37 heavy (non-hydrogen) atoms. The second-order valence-electron chi connectivity index (χ2n) is 8.56. The van der Waals surface area contributed by atoms with Crippen molar-refractivity contribution in [1.82, 2.24) is 5.43 Å². The van der Waals surface area contributed by atoms with E-state index in [0.717, 1.165) is 5.56 Å². The number of aliphatic hydroxyl groups is 1. The Morgan fingerprint density at radius 3 is 2.16 bits per heavy atom. The number of benzene rings is 4. The number of carbonyl (C=O) groups is 1. The number of nitrogens with one attached hydrogen (secondary N) is 1. The van der Waals surface area contributed by atoms with Gasteiger partial charge in [-0.25, -0.2) is 5.43 Å². The smallest absolute Gasteiger partial charge is 0.281 e. The maximum Gasteiger partial charge on any atom is 0.281 e. The zero-order valence-electron chi connectivity index (χ0n) is 20.9. The molecule has 0 heterocycles. The zero-order chi connectivity index (χ0) is 26.1. The second kappa shape index (κ2) is 12.0. The highest BCUT2D eigenvalue weighted by molar-refractivity contribution is 5.91. The summed E-state index contributed by atoms with van der Waals surface area (Å²) >= 11 is 0. The van der Waals surface area contributed by atoms with Crippen LogP contribution in [0, 0.1) is 6.92 Å². The summed E-state index contributed by atoms with van der Waals surface area (Å²) in [6.07, 6.45) is 1.50. The summed E-state index contributed by atoms with van der Waals surface area (Å²) in [7, 11) is 0. The number of amides is 1. The number of nitrogens with zero attached hydrogens (tertiary/aromatic N) is 1. The molecule has 0 aliphatic rings. The third-order valence-corrected chi connectivity index (χ3v) is 5.84. The third-order valence-electron chi connectivity index (χ3n) is 5.84. The van der Waals surface area contributed by atoms with Gasteiger partial charge in [-0.15, -0.1) is 0 Å². The highest BCUT2D eigenvalue weighted by atomic mass is 16.5. The van der Waals surface area contributed by atoms with E-state index in [1.54, 1.807) is 54.6 Å². The van der Waals surface area contributed by atoms with Crippen molar-refractivity contribution >= 4 is 12.1 Å². The SMILES string of the molecule is CCOc1cc(/C=N\NC(=O)C(O)(c2ccccc2)c2ccccc2)ccc1OCc1cccc(C)c1. The molecule has 6 heteroatoms. The van der Waals surface area contributed by atoms with Crippen LogP contribution in [0.25, 0.3) is 0 Å². The fourth-order valence-electron chi connectivity index (χ4n) is 3.99. The predicted molar refractivity (Wildman–Crippen MR) is 145 cm³/mol. The van der Waals surface area contributed by atoms with Gasteiger partial charge in [-0.2, -0.15) is 5.10 Å². The first-order valence-corrected chi connectivity index (χ1v) is 12.1. The van der Waals surface area contributed by atoms with E-state index < -0.39 is 11.5 Å². The van der Waals surface area contributed by atoms with E-state index in [9.17, 15) is 9.90 Å². The minimum atomic E-state index is -1.90. The van der Waals surface area contributed by atoms with E-state index in [-0.39, 0.29) is 0 Å². The minimum Gasteiger partial charge on any atom is -0.490 e. The number of carbonyl (C=O) groups excluding carboxylic acids is 1. The fraction of sp³-hybridized carbons (Fsp3) is 0.161. The van der Waals surface area contributed by atoms with Crippen molar-refractivity contribution in [2.75, 3.05) is 6.61 Å². The van der Waals surface area contributed by atoms with Gasteiger partial charge in [-0.3, -0.25) is 4.79 Å². The van der Waals surface area contributed by atoms with Crippen LogP contribution in [0.4, 0.5) is 0 Å². The molecule has 0 aliphatic heterocycles. The van der Waals surface area contributed by atoms with Gasteiger partial charge in [0.05, 0.1) is 12.8 Å². The molecule has 4 aromatic rings. The summed E-state index contributed by atoms with van der Waals surface area (Å²) in [5, 5.41) is 15.6. The molecule has 0 fully saturated rings. The first-order chi connectivity index (χ1) is 18.0. The van der Waals surface area contributed by atoms with Crippen molar-refractivity contribution in [1.29, 1.82) is 0 Å². The van der Waals surface area contributed by atoms with E-state index in [1.807, 2.05) is 56.3 Å². The van der Waals surface area contributed by atoms with Crippen LogP contribution in [0.2, 0.25) is 0 Å². The Labute approximate surface area is 217 Å². The lowest BCUT2D eigenvalue weighted by Crippen LogP contribution is -2.43. The van der Waals surface area contributed by atoms with Gasteiger partial charge in [0.25, 0.3) is 5.91 Å².